The van der Waals surface area contributed by atoms with Crippen molar-refractivity contribution >= 4 is 21.0 Å². The summed E-state index contributed by atoms with van der Waals surface area (Å²) in [5.74, 6) is 0.989. The van der Waals surface area contributed by atoms with E-state index in [1.165, 1.54) is 0 Å². The van der Waals surface area contributed by atoms with Crippen LogP contribution in [0.1, 0.15) is 30.5 Å². The molecule has 3 rings (SSSR count). The van der Waals surface area contributed by atoms with E-state index in [0.717, 1.165) is 24.2 Å². The van der Waals surface area contributed by atoms with Gasteiger partial charge in [0.25, 0.3) is 0 Å². The molecule has 0 N–H and O–H groups in total. The number of fused-ring (bicyclic) bond motifs is 1. The maximum atomic E-state index is 12.2. The summed E-state index contributed by atoms with van der Waals surface area (Å²) in [6, 6.07) is 3.68. The van der Waals surface area contributed by atoms with Crippen molar-refractivity contribution in [1.82, 2.24) is 14.5 Å². The van der Waals surface area contributed by atoms with E-state index in [9.17, 15) is 8.42 Å². The molecule has 1 aliphatic rings. The van der Waals surface area contributed by atoms with Gasteiger partial charge in [-0.3, -0.25) is 4.57 Å². The minimum atomic E-state index is -3.08. The molecule has 1 aliphatic heterocycles. The zero-order chi connectivity index (χ0) is 12.8. The second kappa shape index (κ2) is 4.05. The molecule has 1 unspecified atom stereocenters. The number of aryl methyl sites for hydroxylation is 1. The van der Waals surface area contributed by atoms with Crippen LogP contribution in [-0.2, 0) is 9.84 Å². The van der Waals surface area contributed by atoms with Crippen molar-refractivity contribution in [3.63, 3.8) is 0 Å². The Hall–Kier alpha value is -1.43. The summed E-state index contributed by atoms with van der Waals surface area (Å²) in [4.78, 5) is 8.67. The van der Waals surface area contributed by atoms with Crippen LogP contribution in [0.5, 0.6) is 0 Å². The summed E-state index contributed by atoms with van der Waals surface area (Å²) in [7, 11) is -3.08. The molecule has 3 heterocycles. The molecule has 0 radical (unpaired) electrons. The summed E-state index contributed by atoms with van der Waals surface area (Å²) < 4.78 is 26.2. The van der Waals surface area contributed by atoms with Crippen LogP contribution in [0.25, 0.3) is 11.2 Å². The van der Waals surface area contributed by atoms with E-state index in [0.29, 0.717) is 12.1 Å². The molecule has 0 aromatic carbocycles. The summed E-state index contributed by atoms with van der Waals surface area (Å²) in [5.41, 5.74) is 1.43. The molecule has 1 atom stereocenters. The predicted molar refractivity (Wildman–Crippen MR) is 68.9 cm³/mol. The van der Waals surface area contributed by atoms with Gasteiger partial charge in [0.1, 0.15) is 16.7 Å². The average Bonchev–Trinajstić information content (AvgIpc) is 2.65. The topological polar surface area (TPSA) is 64.8 Å². The summed E-state index contributed by atoms with van der Waals surface area (Å²) in [6.07, 6.45) is 4.04. The Kier molecular flexibility index (Phi) is 2.62. The highest BCUT2D eigenvalue weighted by Gasteiger charge is 2.32. The molecule has 5 nitrogen and oxygen atoms in total. The van der Waals surface area contributed by atoms with E-state index < -0.39 is 15.2 Å². The van der Waals surface area contributed by atoms with Crippen LogP contribution in [-0.4, -0.2) is 28.7 Å². The molecule has 2 aromatic rings. The van der Waals surface area contributed by atoms with Crippen LogP contribution in [0.3, 0.4) is 0 Å². The van der Waals surface area contributed by atoms with E-state index >= 15 is 0 Å². The standard InChI is InChI=1S/C12H15N3O2S/c1-9-14-10-5-4-7-13-12(10)15(9)11-6-2-3-8-18(11,16)17/h4-5,7,11H,2-3,6,8H2,1H3. The monoisotopic (exact) mass is 265 g/mol. The second-order valence-corrected chi connectivity index (χ2v) is 6.97. The van der Waals surface area contributed by atoms with Crippen LogP contribution < -0.4 is 0 Å². The molecule has 0 saturated carbocycles. The number of hydrogen-bond donors (Lipinski definition) is 0. The third-order valence-electron chi connectivity index (χ3n) is 3.46. The van der Waals surface area contributed by atoms with E-state index in [4.69, 9.17) is 0 Å². The SMILES string of the molecule is Cc1nc2cccnc2n1C1CCCCS1(=O)=O. The van der Waals surface area contributed by atoms with Crippen LogP contribution in [0, 0.1) is 6.92 Å². The highest BCUT2D eigenvalue weighted by molar-refractivity contribution is 7.91. The van der Waals surface area contributed by atoms with Gasteiger partial charge in [0.2, 0.25) is 0 Å². The number of rotatable bonds is 1. The van der Waals surface area contributed by atoms with Gasteiger partial charge in [0.15, 0.2) is 15.5 Å². The molecule has 2 aromatic heterocycles. The quantitative estimate of drug-likeness (QED) is 0.789. The Bertz CT molecular complexity index is 690. The Balaban J connectivity index is 2.22. The van der Waals surface area contributed by atoms with Crippen molar-refractivity contribution in [3.05, 3.63) is 24.2 Å². The first-order valence-corrected chi connectivity index (χ1v) is 7.82. The highest BCUT2D eigenvalue weighted by atomic mass is 32.2. The van der Waals surface area contributed by atoms with Gasteiger partial charge in [-0.1, -0.05) is 0 Å². The van der Waals surface area contributed by atoms with E-state index in [2.05, 4.69) is 9.97 Å². The highest BCUT2D eigenvalue weighted by Crippen LogP contribution is 2.32. The van der Waals surface area contributed by atoms with E-state index in [1.54, 1.807) is 10.8 Å². The number of pyridine rings is 1. The summed E-state index contributed by atoms with van der Waals surface area (Å²) in [5, 5.41) is -0.494. The molecule has 18 heavy (non-hydrogen) atoms. The number of aromatic nitrogens is 3. The van der Waals surface area contributed by atoms with Crippen LogP contribution in [0.15, 0.2) is 18.3 Å². The fourth-order valence-corrected chi connectivity index (χ4v) is 4.59. The molecule has 0 amide bonds. The van der Waals surface area contributed by atoms with Gasteiger partial charge in [-0.2, -0.15) is 0 Å². The van der Waals surface area contributed by atoms with Crippen molar-refractivity contribution < 1.29 is 8.42 Å². The lowest BCUT2D eigenvalue weighted by molar-refractivity contribution is 0.490. The normalized spacial score (nSPS) is 23.3. The molecule has 0 aliphatic carbocycles. The third-order valence-corrected chi connectivity index (χ3v) is 5.59. The minimum Gasteiger partial charge on any atom is -0.295 e. The Morgan fingerprint density at radius 2 is 2.22 bits per heavy atom. The Morgan fingerprint density at radius 3 is 3.00 bits per heavy atom. The van der Waals surface area contributed by atoms with Crippen molar-refractivity contribution in [3.8, 4) is 0 Å². The molecule has 96 valence electrons. The molecule has 1 saturated heterocycles. The van der Waals surface area contributed by atoms with Crippen molar-refractivity contribution in [2.45, 2.75) is 31.6 Å². The zero-order valence-electron chi connectivity index (χ0n) is 10.2. The fourth-order valence-electron chi connectivity index (χ4n) is 2.62. The first-order chi connectivity index (χ1) is 8.59. The van der Waals surface area contributed by atoms with Gasteiger partial charge in [-0.25, -0.2) is 18.4 Å². The molecule has 0 spiro atoms. The fraction of sp³-hybridized carbons (Fsp3) is 0.500. The number of sulfone groups is 1. The maximum Gasteiger partial charge on any atom is 0.171 e. The molecule has 0 bridgehead atoms. The Labute approximate surface area is 106 Å². The third kappa shape index (κ3) is 1.71. The van der Waals surface area contributed by atoms with Gasteiger partial charge in [0.05, 0.1) is 5.75 Å². The lowest BCUT2D eigenvalue weighted by atomic mass is 10.2. The van der Waals surface area contributed by atoms with E-state index in [1.807, 2.05) is 19.1 Å². The largest absolute Gasteiger partial charge is 0.295 e. The van der Waals surface area contributed by atoms with Crippen LogP contribution >= 0.6 is 0 Å². The average molecular weight is 265 g/mol. The lowest BCUT2D eigenvalue weighted by Gasteiger charge is -2.24. The second-order valence-electron chi connectivity index (χ2n) is 4.69. The zero-order valence-corrected chi connectivity index (χ0v) is 11.0. The van der Waals surface area contributed by atoms with Crippen molar-refractivity contribution in [1.29, 1.82) is 0 Å². The maximum absolute atomic E-state index is 12.2. The van der Waals surface area contributed by atoms with Gasteiger partial charge in [-0.05, 0) is 38.3 Å². The number of hydrogen-bond acceptors (Lipinski definition) is 4. The minimum absolute atomic E-state index is 0.267. The summed E-state index contributed by atoms with van der Waals surface area (Å²) in [6.45, 7) is 1.84. The number of imidazole rings is 1. The van der Waals surface area contributed by atoms with Crippen molar-refractivity contribution in [2.24, 2.45) is 0 Å². The van der Waals surface area contributed by atoms with Gasteiger partial charge < -0.3 is 0 Å². The molecular formula is C12H15N3O2S. The van der Waals surface area contributed by atoms with Crippen LogP contribution in [0.2, 0.25) is 0 Å². The molecule has 6 heteroatoms. The van der Waals surface area contributed by atoms with Gasteiger partial charge >= 0.3 is 0 Å². The Morgan fingerprint density at radius 1 is 1.39 bits per heavy atom. The molecule has 1 fully saturated rings. The van der Waals surface area contributed by atoms with Gasteiger partial charge in [0, 0.05) is 6.20 Å². The van der Waals surface area contributed by atoms with Crippen molar-refractivity contribution in [2.75, 3.05) is 5.75 Å². The first-order valence-electron chi connectivity index (χ1n) is 6.11. The lowest BCUT2D eigenvalue weighted by Crippen LogP contribution is -2.27. The predicted octanol–water partition coefficient (Wildman–Crippen LogP) is 1.84. The van der Waals surface area contributed by atoms with Gasteiger partial charge in [-0.15, -0.1) is 0 Å². The summed E-state index contributed by atoms with van der Waals surface area (Å²) >= 11 is 0. The smallest absolute Gasteiger partial charge is 0.171 e. The van der Waals surface area contributed by atoms with Crippen LogP contribution in [0.4, 0.5) is 0 Å². The molecular weight excluding hydrogens is 250 g/mol. The first kappa shape index (κ1) is 11.6. The van der Waals surface area contributed by atoms with E-state index in [-0.39, 0.29) is 5.75 Å². The number of nitrogens with zero attached hydrogens (tertiary/aromatic N) is 3.